The number of hydrogen-bond donors (Lipinski definition) is 1. The molecule has 6 heteroatoms. The summed E-state index contributed by atoms with van der Waals surface area (Å²) in [6.07, 6.45) is 5.89. The summed E-state index contributed by atoms with van der Waals surface area (Å²) in [6, 6.07) is 10.2. The van der Waals surface area contributed by atoms with Gasteiger partial charge in [0, 0.05) is 36.4 Å². The number of halogens is 1. The molecule has 5 nitrogen and oxygen atoms in total. The summed E-state index contributed by atoms with van der Waals surface area (Å²) >= 11 is 3.51. The largest absolute Gasteiger partial charge is 0.354 e. The fraction of sp³-hybridized carbons (Fsp3) is 0.353. The Morgan fingerprint density at radius 1 is 1.30 bits per heavy atom. The second-order valence-corrected chi connectivity index (χ2v) is 6.47. The van der Waals surface area contributed by atoms with Crippen LogP contribution < -0.4 is 5.32 Å². The van der Waals surface area contributed by atoms with E-state index in [1.807, 2.05) is 17.0 Å². The number of carbonyl (C=O) groups excluding carboxylic acids is 1. The van der Waals surface area contributed by atoms with Gasteiger partial charge in [-0.05, 0) is 36.6 Å². The van der Waals surface area contributed by atoms with Crippen molar-refractivity contribution in [2.24, 2.45) is 0 Å². The molecular weight excluding hydrogens is 356 g/mol. The summed E-state index contributed by atoms with van der Waals surface area (Å²) < 4.78 is 1.05. The van der Waals surface area contributed by atoms with Crippen molar-refractivity contribution >= 4 is 27.8 Å². The standard InChI is InChI=1S/C17H19BrN4O/c18-14-5-1-4-13(12-14)15-6-2-11-22(15)16(23)7-10-21-17-19-8-3-9-20-17/h1,3-5,8-9,12,15H,2,6-7,10-11H2,(H,19,20,21)/t15-/m0/s1. The van der Waals surface area contributed by atoms with Crippen molar-refractivity contribution < 1.29 is 4.79 Å². The van der Waals surface area contributed by atoms with Crippen LogP contribution in [0.15, 0.2) is 47.2 Å². The molecule has 0 aliphatic carbocycles. The van der Waals surface area contributed by atoms with Crippen molar-refractivity contribution in [2.75, 3.05) is 18.4 Å². The predicted molar refractivity (Wildman–Crippen MR) is 93.0 cm³/mol. The summed E-state index contributed by atoms with van der Waals surface area (Å²) in [5.41, 5.74) is 1.20. The van der Waals surface area contributed by atoms with Crippen LogP contribution in [-0.2, 0) is 4.79 Å². The molecular formula is C17H19BrN4O. The zero-order valence-corrected chi connectivity index (χ0v) is 14.4. The Balaban J connectivity index is 1.58. The van der Waals surface area contributed by atoms with Gasteiger partial charge < -0.3 is 10.2 Å². The fourth-order valence-corrected chi connectivity index (χ4v) is 3.36. The van der Waals surface area contributed by atoms with E-state index in [2.05, 4.69) is 43.3 Å². The SMILES string of the molecule is O=C(CCNc1ncccn1)N1CCC[C@H]1c1cccc(Br)c1. The number of amides is 1. The first-order chi connectivity index (χ1) is 11.2. The molecule has 2 heterocycles. The minimum Gasteiger partial charge on any atom is -0.354 e. The molecule has 1 aliphatic heterocycles. The van der Waals surface area contributed by atoms with Crippen molar-refractivity contribution in [3.63, 3.8) is 0 Å². The monoisotopic (exact) mass is 374 g/mol. The van der Waals surface area contributed by atoms with Gasteiger partial charge in [-0.2, -0.15) is 0 Å². The predicted octanol–water partition coefficient (Wildman–Crippen LogP) is 3.40. The number of benzene rings is 1. The van der Waals surface area contributed by atoms with Gasteiger partial charge in [0.2, 0.25) is 11.9 Å². The highest BCUT2D eigenvalue weighted by atomic mass is 79.9. The third-order valence-electron chi connectivity index (χ3n) is 3.99. The lowest BCUT2D eigenvalue weighted by molar-refractivity contribution is -0.131. The summed E-state index contributed by atoms with van der Waals surface area (Å²) in [4.78, 5) is 22.7. The molecule has 1 aromatic carbocycles. The Hall–Kier alpha value is -1.95. The van der Waals surface area contributed by atoms with E-state index < -0.39 is 0 Å². The van der Waals surface area contributed by atoms with E-state index in [-0.39, 0.29) is 11.9 Å². The Bertz CT molecular complexity index is 665. The van der Waals surface area contributed by atoms with Gasteiger partial charge in [0.15, 0.2) is 0 Å². The van der Waals surface area contributed by atoms with Gasteiger partial charge in [0.05, 0.1) is 6.04 Å². The first-order valence-corrected chi connectivity index (χ1v) is 8.59. The van der Waals surface area contributed by atoms with E-state index >= 15 is 0 Å². The van der Waals surface area contributed by atoms with E-state index in [0.29, 0.717) is 18.9 Å². The zero-order chi connectivity index (χ0) is 16.1. The van der Waals surface area contributed by atoms with Gasteiger partial charge >= 0.3 is 0 Å². The van der Waals surface area contributed by atoms with Crippen LogP contribution in [0.4, 0.5) is 5.95 Å². The molecule has 1 saturated heterocycles. The molecule has 0 bridgehead atoms. The molecule has 1 N–H and O–H groups in total. The Kier molecular flexibility index (Phi) is 5.23. The molecule has 1 atom stereocenters. The Morgan fingerprint density at radius 3 is 2.91 bits per heavy atom. The highest BCUT2D eigenvalue weighted by Gasteiger charge is 2.29. The van der Waals surface area contributed by atoms with Crippen LogP contribution in [0.1, 0.15) is 30.9 Å². The molecule has 1 amide bonds. The fourth-order valence-electron chi connectivity index (χ4n) is 2.94. The van der Waals surface area contributed by atoms with Gasteiger partial charge in [0.1, 0.15) is 0 Å². The van der Waals surface area contributed by atoms with Crippen molar-refractivity contribution in [1.29, 1.82) is 0 Å². The molecule has 0 spiro atoms. The number of nitrogens with zero attached hydrogens (tertiary/aromatic N) is 3. The maximum Gasteiger partial charge on any atom is 0.224 e. The van der Waals surface area contributed by atoms with Crippen molar-refractivity contribution in [2.45, 2.75) is 25.3 Å². The van der Waals surface area contributed by atoms with E-state index in [4.69, 9.17) is 0 Å². The van der Waals surface area contributed by atoms with E-state index in [9.17, 15) is 4.79 Å². The average molecular weight is 375 g/mol. The van der Waals surface area contributed by atoms with E-state index in [1.54, 1.807) is 18.5 Å². The molecule has 1 aromatic heterocycles. The first-order valence-electron chi connectivity index (χ1n) is 7.80. The summed E-state index contributed by atoms with van der Waals surface area (Å²) in [5.74, 6) is 0.737. The second kappa shape index (κ2) is 7.55. The highest BCUT2D eigenvalue weighted by Crippen LogP contribution is 2.33. The first kappa shape index (κ1) is 15.9. The maximum absolute atomic E-state index is 12.5. The van der Waals surface area contributed by atoms with E-state index in [1.165, 1.54) is 5.56 Å². The van der Waals surface area contributed by atoms with Gasteiger partial charge in [-0.15, -0.1) is 0 Å². The molecule has 0 radical (unpaired) electrons. The number of carbonyl (C=O) groups is 1. The number of likely N-dealkylation sites (tertiary alicyclic amines) is 1. The zero-order valence-electron chi connectivity index (χ0n) is 12.8. The quantitative estimate of drug-likeness (QED) is 0.870. The van der Waals surface area contributed by atoms with Crippen LogP contribution >= 0.6 is 15.9 Å². The van der Waals surface area contributed by atoms with Gasteiger partial charge in [-0.3, -0.25) is 4.79 Å². The minimum absolute atomic E-state index is 0.177. The lowest BCUT2D eigenvalue weighted by Crippen LogP contribution is -2.31. The summed E-state index contributed by atoms with van der Waals surface area (Å²) in [7, 11) is 0. The topological polar surface area (TPSA) is 58.1 Å². The van der Waals surface area contributed by atoms with Gasteiger partial charge in [-0.1, -0.05) is 28.1 Å². The number of aromatic nitrogens is 2. The molecule has 23 heavy (non-hydrogen) atoms. The van der Waals surface area contributed by atoms with Crippen molar-refractivity contribution in [3.05, 3.63) is 52.8 Å². The summed E-state index contributed by atoms with van der Waals surface area (Å²) in [6.45, 7) is 1.38. The molecule has 0 unspecified atom stereocenters. The highest BCUT2D eigenvalue weighted by molar-refractivity contribution is 9.10. The molecule has 1 fully saturated rings. The average Bonchev–Trinajstić information content (AvgIpc) is 3.05. The minimum atomic E-state index is 0.177. The van der Waals surface area contributed by atoms with Crippen LogP contribution in [0.25, 0.3) is 0 Å². The molecule has 3 rings (SSSR count). The lowest BCUT2D eigenvalue weighted by atomic mass is 10.0. The van der Waals surface area contributed by atoms with Crippen molar-refractivity contribution in [1.82, 2.24) is 14.9 Å². The molecule has 120 valence electrons. The Morgan fingerprint density at radius 2 is 2.13 bits per heavy atom. The van der Waals surface area contributed by atoms with Crippen LogP contribution in [0, 0.1) is 0 Å². The van der Waals surface area contributed by atoms with Crippen LogP contribution in [-0.4, -0.2) is 33.9 Å². The second-order valence-electron chi connectivity index (χ2n) is 5.55. The number of rotatable bonds is 5. The number of hydrogen-bond acceptors (Lipinski definition) is 4. The number of nitrogens with one attached hydrogen (secondary N) is 1. The van der Waals surface area contributed by atoms with Crippen LogP contribution in [0.5, 0.6) is 0 Å². The maximum atomic E-state index is 12.5. The Labute approximate surface area is 144 Å². The normalized spacial score (nSPS) is 17.3. The number of anilines is 1. The third kappa shape index (κ3) is 4.07. The molecule has 1 aliphatic rings. The van der Waals surface area contributed by atoms with E-state index in [0.717, 1.165) is 23.9 Å². The van der Waals surface area contributed by atoms with Crippen LogP contribution in [0.3, 0.4) is 0 Å². The molecule has 0 saturated carbocycles. The van der Waals surface area contributed by atoms with Gasteiger partial charge in [-0.25, -0.2) is 9.97 Å². The van der Waals surface area contributed by atoms with Crippen LogP contribution in [0.2, 0.25) is 0 Å². The molecule has 2 aromatic rings. The van der Waals surface area contributed by atoms with Gasteiger partial charge in [0.25, 0.3) is 0 Å². The third-order valence-corrected chi connectivity index (χ3v) is 4.49. The van der Waals surface area contributed by atoms with Crippen molar-refractivity contribution in [3.8, 4) is 0 Å². The lowest BCUT2D eigenvalue weighted by Gasteiger charge is -2.25. The summed E-state index contributed by atoms with van der Waals surface area (Å²) in [5, 5.41) is 3.09. The smallest absolute Gasteiger partial charge is 0.224 e.